The maximum atomic E-state index is 12.5. The number of aryl methyl sites for hydroxylation is 2. The van der Waals surface area contributed by atoms with Crippen LogP contribution in [-0.2, 0) is 39.8 Å². The van der Waals surface area contributed by atoms with E-state index in [0.29, 0.717) is 66.4 Å². The normalized spacial score (nSPS) is 28.3. The molecule has 0 saturated carbocycles. The number of aliphatic hydroxyl groups is 2. The molecule has 0 radical (unpaired) electrons. The van der Waals surface area contributed by atoms with E-state index in [1.165, 1.54) is 0 Å². The molecule has 1 amide bonds. The zero-order chi connectivity index (χ0) is 71.5. The van der Waals surface area contributed by atoms with Gasteiger partial charge in [0.25, 0.3) is 11.1 Å². The maximum absolute atomic E-state index is 12.5. The topological polar surface area (TPSA) is 222 Å². The van der Waals surface area contributed by atoms with Crippen LogP contribution < -0.4 is 16.8 Å². The number of carbonyl (C=O) groups is 2. The van der Waals surface area contributed by atoms with Crippen molar-refractivity contribution in [3.05, 3.63) is 70.8 Å². The van der Waals surface area contributed by atoms with Crippen molar-refractivity contribution < 1.29 is 59.6 Å². The minimum absolute atomic E-state index is 0.0499. The standard InChI is InChI=1S/C26H45NO4Si.C18H39NO3Si.C14H30O2.C8H7ClO.C6H17NO3Si/c1-10-20(4)25(7)22(6)26(8,21(5)11-2)31-32(29-9,30-25)18-12-17-27-24(28)23-15-13-19(3)14-16-23;1-9-14(3)17(6)16(5)18(7,15(4)10-2)22-23(20-8,21-17)13-11-12-19;1-8-10(3)13(6,15)12(5)14(7,16)11(4)9-2;1-6-2-4-7(5-3-6)8(9)10;1-8-11(9-2,10-3)6-4-5-7/h13-16,20-22H,10-12,17-18H2,1-9H3,(H,27,28);14-16H,9-13,19H2,1-8H3;10-12,15-16H,8-9H2,1-7H3;2-5H,1H3;4-7H2,1-3H3. The van der Waals surface area contributed by atoms with Crippen LogP contribution in [0.3, 0.4) is 0 Å². The lowest BCUT2D eigenvalue weighted by molar-refractivity contribution is -0.215. The van der Waals surface area contributed by atoms with Crippen LogP contribution in [0.15, 0.2) is 48.5 Å². The van der Waals surface area contributed by atoms with Crippen LogP contribution in [0.25, 0.3) is 0 Å². The molecule has 2 aromatic carbocycles. The highest BCUT2D eigenvalue weighted by Gasteiger charge is 2.64. The smallest absolute Gasteiger partial charge is 0.390 e. The molecule has 2 aliphatic heterocycles. The average Bonchev–Trinajstić information content (AvgIpc) is 0.737. The van der Waals surface area contributed by atoms with Gasteiger partial charge in [-0.25, -0.2) is 0 Å². The van der Waals surface area contributed by atoms with E-state index >= 15 is 0 Å². The molecule has 4 rings (SSSR count). The molecule has 16 nitrogen and oxygen atoms in total. The summed E-state index contributed by atoms with van der Waals surface area (Å²) in [6, 6.07) is 17.0. The van der Waals surface area contributed by atoms with Crippen molar-refractivity contribution in [2.75, 3.05) is 55.2 Å². The summed E-state index contributed by atoms with van der Waals surface area (Å²) in [6.45, 7) is 51.3. The van der Waals surface area contributed by atoms with E-state index in [0.717, 1.165) is 81.0 Å². The van der Waals surface area contributed by atoms with E-state index in [2.05, 4.69) is 116 Å². The van der Waals surface area contributed by atoms with Crippen LogP contribution in [-0.4, -0.2) is 137 Å². The second-order valence-electron chi connectivity index (χ2n) is 27.8. The van der Waals surface area contributed by atoms with E-state index in [1.807, 2.05) is 84.9 Å². The minimum Gasteiger partial charge on any atom is -0.390 e. The summed E-state index contributed by atoms with van der Waals surface area (Å²) in [6.07, 6.45) is 8.60. The molecule has 0 aromatic heterocycles. The highest BCUT2D eigenvalue weighted by molar-refractivity contribution is 6.67. The van der Waals surface area contributed by atoms with Crippen LogP contribution in [0.5, 0.6) is 0 Å². The Kier molecular flexibility index (Phi) is 39.9. The molecule has 12 atom stereocenters. The van der Waals surface area contributed by atoms with Gasteiger partial charge >= 0.3 is 26.4 Å². The highest BCUT2D eigenvalue weighted by Crippen LogP contribution is 2.53. The van der Waals surface area contributed by atoms with Crippen LogP contribution >= 0.6 is 11.6 Å². The van der Waals surface area contributed by atoms with Gasteiger partial charge in [-0.05, 0) is 159 Å². The van der Waals surface area contributed by atoms with E-state index in [1.54, 1.807) is 47.7 Å². The van der Waals surface area contributed by atoms with E-state index in [9.17, 15) is 19.8 Å². The van der Waals surface area contributed by atoms with Crippen LogP contribution in [0, 0.1) is 67.1 Å². The first-order valence-corrected chi connectivity index (χ1v) is 40.9. The monoisotopic (exact) mass is 1370 g/mol. The van der Waals surface area contributed by atoms with Crippen molar-refractivity contribution in [2.24, 2.45) is 64.7 Å². The molecule has 7 N–H and O–H groups in total. The Morgan fingerprint density at radius 1 is 0.565 bits per heavy atom. The molecule has 12 unspecified atom stereocenters. The quantitative estimate of drug-likeness (QED) is 0.0269. The number of nitrogens with two attached hydrogens (primary N) is 2. The highest BCUT2D eigenvalue weighted by atomic mass is 35.5. The van der Waals surface area contributed by atoms with Crippen molar-refractivity contribution in [1.82, 2.24) is 5.32 Å². The van der Waals surface area contributed by atoms with E-state index in [4.69, 9.17) is 62.9 Å². The van der Waals surface area contributed by atoms with Gasteiger partial charge < -0.3 is 66.8 Å². The second kappa shape index (κ2) is 40.8. The number of nitrogens with one attached hydrogen (secondary N) is 1. The van der Waals surface area contributed by atoms with Gasteiger partial charge in [-0.3, -0.25) is 9.59 Å². The zero-order valence-corrected chi connectivity index (χ0v) is 67.1. The summed E-state index contributed by atoms with van der Waals surface area (Å²) >= 11 is 5.22. The van der Waals surface area contributed by atoms with Crippen molar-refractivity contribution in [1.29, 1.82) is 0 Å². The fourth-order valence-electron chi connectivity index (χ4n) is 12.6. The first-order valence-electron chi connectivity index (χ1n) is 34.7. The number of carbonyl (C=O) groups excluding carboxylic acids is 2. The van der Waals surface area contributed by atoms with Crippen LogP contribution in [0.4, 0.5) is 0 Å². The number of halogens is 1. The number of amides is 1. The molecule has 2 heterocycles. The Morgan fingerprint density at radius 3 is 1.13 bits per heavy atom. The molecule has 2 aliphatic rings. The predicted molar refractivity (Wildman–Crippen MR) is 387 cm³/mol. The third-order valence-corrected chi connectivity index (χ3v) is 32.0. The molecule has 0 aliphatic carbocycles. The lowest BCUT2D eigenvalue weighted by Crippen LogP contribution is -2.70. The van der Waals surface area contributed by atoms with Gasteiger partial charge in [0.1, 0.15) is 0 Å². The van der Waals surface area contributed by atoms with E-state index < -0.39 is 42.9 Å². The molecule has 0 spiro atoms. The van der Waals surface area contributed by atoms with E-state index in [-0.39, 0.29) is 52.0 Å². The first kappa shape index (κ1) is 90.0. The Morgan fingerprint density at radius 2 is 0.870 bits per heavy atom. The van der Waals surface area contributed by atoms with Gasteiger partial charge in [0, 0.05) is 89.1 Å². The summed E-state index contributed by atoms with van der Waals surface area (Å²) < 4.78 is 54.7. The molecule has 2 saturated heterocycles. The number of rotatable bonds is 31. The molecule has 2 fully saturated rings. The predicted octanol–water partition coefficient (Wildman–Crippen LogP) is 16.0. The van der Waals surface area contributed by atoms with Gasteiger partial charge in [-0.15, -0.1) is 0 Å². The van der Waals surface area contributed by atoms with Crippen molar-refractivity contribution in [2.45, 2.75) is 269 Å². The van der Waals surface area contributed by atoms with Crippen molar-refractivity contribution in [3.8, 4) is 0 Å². The molecule has 20 heteroatoms. The Bertz CT molecular complexity index is 2290. The average molecular weight is 1370 g/mol. The molecule has 0 bridgehead atoms. The Hall–Kier alpha value is -2.00. The largest absolute Gasteiger partial charge is 0.501 e. The lowest BCUT2D eigenvalue weighted by atomic mass is 9.67. The van der Waals surface area contributed by atoms with Gasteiger partial charge in [0.2, 0.25) is 0 Å². The Balaban J connectivity index is 0.00000121. The van der Waals surface area contributed by atoms with Crippen LogP contribution in [0.1, 0.15) is 235 Å². The second-order valence-corrected chi connectivity index (χ2v) is 36.6. The van der Waals surface area contributed by atoms with Crippen molar-refractivity contribution in [3.63, 3.8) is 0 Å². The fourth-order valence-corrected chi connectivity index (χ4v) is 21.2. The minimum atomic E-state index is -2.94. The van der Waals surface area contributed by atoms with Gasteiger partial charge in [-0.1, -0.05) is 178 Å². The molecular formula is C72H138ClN3O13Si3. The molecular weight excluding hydrogens is 1230 g/mol. The summed E-state index contributed by atoms with van der Waals surface area (Å²) in [7, 11) is 0.303. The zero-order valence-electron chi connectivity index (χ0n) is 63.3. The van der Waals surface area contributed by atoms with Crippen LogP contribution in [0.2, 0.25) is 18.1 Å². The first-order chi connectivity index (χ1) is 42.7. The third-order valence-electron chi connectivity index (χ3n) is 22.7. The number of benzene rings is 2. The summed E-state index contributed by atoms with van der Waals surface area (Å²) in [5.41, 5.74) is 11.9. The third kappa shape index (κ3) is 23.9. The SMILES string of the molecule is CCC(C)C(C)(O)C(C)C(C)(O)C(C)CC.CCC(C)C1(C)O[Si](CCCN)(OC)OC(C)(C(C)CC)C1C.CCC(C)C1(C)O[Si](CCCNC(=O)c2ccc(C)cc2)(OC)OC(C)(C(C)CC)C1C.CO[Si](CCCN)(OC)OC.Cc1ccc(C(=O)Cl)cc1. The number of hydrogen-bond acceptors (Lipinski definition) is 15. The lowest BCUT2D eigenvalue weighted by Gasteiger charge is -2.59. The number of hydrogen-bond donors (Lipinski definition) is 5. The summed E-state index contributed by atoms with van der Waals surface area (Å²) in [5, 5.41) is 23.8. The van der Waals surface area contributed by atoms with Crippen molar-refractivity contribution >= 4 is 49.2 Å². The molecule has 92 heavy (non-hydrogen) atoms. The summed E-state index contributed by atoms with van der Waals surface area (Å²) in [4.78, 5) is 23.0. The van der Waals surface area contributed by atoms with Gasteiger partial charge in [-0.2, -0.15) is 0 Å². The molecule has 2 aromatic rings. The summed E-state index contributed by atoms with van der Waals surface area (Å²) in [5.74, 6) is 2.40. The maximum Gasteiger partial charge on any atom is 0.501 e. The van der Waals surface area contributed by atoms with Gasteiger partial charge in [0.05, 0.1) is 33.6 Å². The molecule has 538 valence electrons. The fraction of sp³-hybridized carbons (Fsp3) is 0.806. The Labute approximate surface area is 570 Å². The van der Waals surface area contributed by atoms with Gasteiger partial charge in [0.15, 0.2) is 0 Å².